The van der Waals surface area contributed by atoms with Gasteiger partial charge in [-0.2, -0.15) is 0 Å². The molecule has 19 heavy (non-hydrogen) atoms. The quantitative estimate of drug-likeness (QED) is 0.775. The molecule has 0 heterocycles. The number of carbonyl (C=O) groups excluding carboxylic acids is 1. The Labute approximate surface area is 118 Å². The first-order chi connectivity index (χ1) is 8.93. The van der Waals surface area contributed by atoms with E-state index in [0.29, 0.717) is 10.9 Å². The number of halogens is 2. The fourth-order valence-corrected chi connectivity index (χ4v) is 1.74. The van der Waals surface area contributed by atoms with E-state index in [0.717, 1.165) is 0 Å². The molecule has 1 rings (SSSR count). The molecule has 0 aliphatic carbocycles. The second-order valence-electron chi connectivity index (χ2n) is 3.90. The van der Waals surface area contributed by atoms with Crippen LogP contribution in [-0.2, 0) is 4.79 Å². The average Bonchev–Trinajstić information content (AvgIpc) is 2.34. The third-order valence-electron chi connectivity index (χ3n) is 2.53. The van der Waals surface area contributed by atoms with Crippen LogP contribution in [0.1, 0.15) is 13.3 Å². The highest BCUT2D eigenvalue weighted by molar-refractivity contribution is 9.10. The number of nitrogens with one attached hydrogen (secondary N) is 2. The number of amides is 2. The normalized spacial score (nSPS) is 11.7. The predicted octanol–water partition coefficient (Wildman–Crippen LogP) is 2.82. The van der Waals surface area contributed by atoms with E-state index in [4.69, 9.17) is 5.11 Å². The molecular formula is C12H14BrFN2O3. The van der Waals surface area contributed by atoms with Crippen LogP contribution in [0.2, 0.25) is 0 Å². The third-order valence-corrected chi connectivity index (χ3v) is 3.02. The number of rotatable bonds is 5. The second kappa shape index (κ2) is 7.08. The van der Waals surface area contributed by atoms with Gasteiger partial charge in [0.15, 0.2) is 0 Å². The summed E-state index contributed by atoms with van der Waals surface area (Å²) in [5.41, 5.74) is 0.0234. The van der Waals surface area contributed by atoms with E-state index in [-0.39, 0.29) is 12.2 Å². The number of aliphatic carboxylic acids is 1. The Hall–Kier alpha value is -1.63. The number of hydrogen-bond donors (Lipinski definition) is 3. The van der Waals surface area contributed by atoms with Crippen molar-refractivity contribution < 1.29 is 19.1 Å². The molecule has 0 aliphatic rings. The number of carboxylic acids is 1. The fourth-order valence-electron chi connectivity index (χ4n) is 1.38. The minimum Gasteiger partial charge on any atom is -0.481 e. The molecule has 5 nitrogen and oxygen atoms in total. The minimum atomic E-state index is -0.976. The standard InChI is InChI=1S/C12H14BrFN2O3/c1-2-7(11(17)18)6-15-12(19)16-10-5-8(13)3-4-9(10)14/h3-5,7H,2,6H2,1H3,(H,17,18)(H2,15,16,19). The molecule has 0 radical (unpaired) electrons. The molecule has 1 aromatic carbocycles. The molecule has 0 spiro atoms. The van der Waals surface area contributed by atoms with Gasteiger partial charge in [-0.15, -0.1) is 0 Å². The van der Waals surface area contributed by atoms with Crippen molar-refractivity contribution in [2.24, 2.45) is 5.92 Å². The van der Waals surface area contributed by atoms with Gasteiger partial charge in [-0.05, 0) is 24.6 Å². The first-order valence-electron chi connectivity index (χ1n) is 5.66. The Morgan fingerprint density at radius 2 is 2.16 bits per heavy atom. The largest absolute Gasteiger partial charge is 0.481 e. The van der Waals surface area contributed by atoms with Crippen molar-refractivity contribution in [3.8, 4) is 0 Å². The summed E-state index contributed by atoms with van der Waals surface area (Å²) in [6.45, 7) is 1.71. The highest BCUT2D eigenvalue weighted by atomic mass is 79.9. The molecule has 0 aliphatic heterocycles. The minimum absolute atomic E-state index is 0.00666. The molecule has 0 saturated heterocycles. The van der Waals surface area contributed by atoms with Gasteiger partial charge >= 0.3 is 12.0 Å². The van der Waals surface area contributed by atoms with Crippen molar-refractivity contribution in [2.75, 3.05) is 11.9 Å². The van der Waals surface area contributed by atoms with E-state index in [1.54, 1.807) is 6.92 Å². The highest BCUT2D eigenvalue weighted by Gasteiger charge is 2.16. The van der Waals surface area contributed by atoms with Crippen LogP contribution in [0, 0.1) is 11.7 Å². The number of benzene rings is 1. The maximum absolute atomic E-state index is 13.4. The van der Waals surface area contributed by atoms with E-state index in [1.165, 1.54) is 18.2 Å². The molecule has 7 heteroatoms. The molecule has 104 valence electrons. The summed E-state index contributed by atoms with van der Waals surface area (Å²) in [7, 11) is 0. The van der Waals surface area contributed by atoms with E-state index in [9.17, 15) is 14.0 Å². The summed E-state index contributed by atoms with van der Waals surface area (Å²) in [5, 5.41) is 13.5. The molecule has 1 unspecified atom stereocenters. The lowest BCUT2D eigenvalue weighted by atomic mass is 10.1. The maximum Gasteiger partial charge on any atom is 0.319 e. The Morgan fingerprint density at radius 3 is 2.74 bits per heavy atom. The zero-order valence-corrected chi connectivity index (χ0v) is 11.8. The van der Waals surface area contributed by atoms with Crippen LogP contribution in [-0.4, -0.2) is 23.7 Å². The van der Waals surface area contributed by atoms with Gasteiger partial charge in [0.05, 0.1) is 11.6 Å². The molecule has 1 atom stereocenters. The van der Waals surface area contributed by atoms with Crippen molar-refractivity contribution in [1.29, 1.82) is 0 Å². The maximum atomic E-state index is 13.4. The summed E-state index contributed by atoms with van der Waals surface area (Å²) in [6, 6.07) is 3.50. The van der Waals surface area contributed by atoms with Gasteiger partial charge in [0.25, 0.3) is 0 Å². The van der Waals surface area contributed by atoms with Crippen molar-refractivity contribution in [1.82, 2.24) is 5.32 Å². The van der Waals surface area contributed by atoms with Crippen LogP contribution in [0.4, 0.5) is 14.9 Å². The Balaban J connectivity index is 2.56. The lowest BCUT2D eigenvalue weighted by Crippen LogP contribution is -2.35. The van der Waals surface area contributed by atoms with Crippen molar-refractivity contribution in [3.05, 3.63) is 28.5 Å². The van der Waals surface area contributed by atoms with Gasteiger partial charge in [-0.1, -0.05) is 22.9 Å². The first kappa shape index (κ1) is 15.4. The second-order valence-corrected chi connectivity index (χ2v) is 4.82. The van der Waals surface area contributed by atoms with Crippen LogP contribution in [0.3, 0.4) is 0 Å². The lowest BCUT2D eigenvalue weighted by molar-refractivity contribution is -0.141. The van der Waals surface area contributed by atoms with Crippen LogP contribution in [0.25, 0.3) is 0 Å². The summed E-state index contributed by atoms with van der Waals surface area (Å²) < 4.78 is 14.0. The van der Waals surface area contributed by atoms with E-state index in [2.05, 4.69) is 26.6 Å². The zero-order chi connectivity index (χ0) is 14.4. The van der Waals surface area contributed by atoms with Crippen LogP contribution < -0.4 is 10.6 Å². The van der Waals surface area contributed by atoms with Crippen molar-refractivity contribution in [3.63, 3.8) is 0 Å². The first-order valence-corrected chi connectivity index (χ1v) is 6.46. The molecule has 0 bridgehead atoms. The average molecular weight is 333 g/mol. The molecule has 0 aromatic heterocycles. The number of urea groups is 1. The van der Waals surface area contributed by atoms with Crippen LogP contribution in [0.5, 0.6) is 0 Å². The van der Waals surface area contributed by atoms with Gasteiger partial charge in [-0.25, -0.2) is 9.18 Å². The topological polar surface area (TPSA) is 78.4 Å². The third kappa shape index (κ3) is 4.86. The Kier molecular flexibility index (Phi) is 5.75. The Bertz CT molecular complexity index is 482. The molecular weight excluding hydrogens is 319 g/mol. The summed E-state index contributed by atoms with van der Waals surface area (Å²) in [5.74, 6) is -2.20. The van der Waals surface area contributed by atoms with E-state index in [1.807, 2.05) is 0 Å². The van der Waals surface area contributed by atoms with E-state index < -0.39 is 23.7 Å². The molecule has 0 fully saturated rings. The van der Waals surface area contributed by atoms with Gasteiger partial charge in [0.1, 0.15) is 5.82 Å². The molecule has 3 N–H and O–H groups in total. The molecule has 0 saturated carbocycles. The smallest absolute Gasteiger partial charge is 0.319 e. The molecule has 1 aromatic rings. The van der Waals surface area contributed by atoms with Crippen LogP contribution in [0.15, 0.2) is 22.7 Å². The predicted molar refractivity (Wildman–Crippen MR) is 72.5 cm³/mol. The van der Waals surface area contributed by atoms with Gasteiger partial charge < -0.3 is 15.7 Å². The number of carbonyl (C=O) groups is 2. The fraction of sp³-hybridized carbons (Fsp3) is 0.333. The summed E-state index contributed by atoms with van der Waals surface area (Å²) in [4.78, 5) is 22.3. The highest BCUT2D eigenvalue weighted by Crippen LogP contribution is 2.19. The number of carboxylic acid groups (broad SMARTS) is 1. The van der Waals surface area contributed by atoms with Gasteiger partial charge in [0.2, 0.25) is 0 Å². The van der Waals surface area contributed by atoms with Crippen LogP contribution >= 0.6 is 15.9 Å². The monoisotopic (exact) mass is 332 g/mol. The van der Waals surface area contributed by atoms with Crippen molar-refractivity contribution in [2.45, 2.75) is 13.3 Å². The lowest BCUT2D eigenvalue weighted by Gasteiger charge is -2.12. The number of anilines is 1. The van der Waals surface area contributed by atoms with Crippen molar-refractivity contribution >= 4 is 33.6 Å². The van der Waals surface area contributed by atoms with E-state index >= 15 is 0 Å². The Morgan fingerprint density at radius 1 is 1.47 bits per heavy atom. The van der Waals surface area contributed by atoms with Gasteiger partial charge in [0, 0.05) is 11.0 Å². The van der Waals surface area contributed by atoms with Gasteiger partial charge in [-0.3, -0.25) is 4.79 Å². The summed E-state index contributed by atoms with van der Waals surface area (Å²) in [6.07, 6.45) is 0.404. The number of hydrogen-bond acceptors (Lipinski definition) is 2. The SMILES string of the molecule is CCC(CNC(=O)Nc1cc(Br)ccc1F)C(=O)O. The zero-order valence-electron chi connectivity index (χ0n) is 10.2. The molecule has 2 amide bonds. The summed E-state index contributed by atoms with van der Waals surface area (Å²) >= 11 is 3.16.